The third-order valence-electron chi connectivity index (χ3n) is 5.01. The Morgan fingerprint density at radius 3 is 2.32 bits per heavy atom. The zero-order valence-corrected chi connectivity index (χ0v) is 18.4. The van der Waals surface area contributed by atoms with Crippen molar-refractivity contribution in [3.05, 3.63) is 48.0 Å². The van der Waals surface area contributed by atoms with E-state index in [0.29, 0.717) is 30.1 Å². The van der Waals surface area contributed by atoms with Gasteiger partial charge in [0.05, 0.1) is 7.11 Å². The van der Waals surface area contributed by atoms with Crippen LogP contribution in [0.4, 0.5) is 5.69 Å². The minimum atomic E-state index is -3.73. The van der Waals surface area contributed by atoms with Gasteiger partial charge >= 0.3 is 0 Å². The Balaban J connectivity index is 1.69. The second-order valence-corrected chi connectivity index (χ2v) is 9.15. The Morgan fingerprint density at radius 2 is 1.71 bits per heavy atom. The van der Waals surface area contributed by atoms with E-state index in [0.717, 1.165) is 19.3 Å². The number of hydrogen-bond acceptors (Lipinski definition) is 6. The molecule has 1 aliphatic rings. The zero-order chi connectivity index (χ0) is 22.4. The van der Waals surface area contributed by atoms with E-state index in [1.165, 1.54) is 30.5 Å². The summed E-state index contributed by atoms with van der Waals surface area (Å²) in [7, 11) is -2.32. The standard InChI is InChI=1S/C22H26N2O6S/c1-16(25)17-6-9-19(10-7-17)30-15-22(26)23-18-8-11-20(29-2)21(14-18)31(27,28)24-12-4-3-5-13-24/h6-11,14H,3-5,12-13,15H2,1-2H3,(H,23,26). The number of methoxy groups -OCH3 is 1. The molecular formula is C22H26N2O6S. The molecule has 9 heteroatoms. The van der Waals surface area contributed by atoms with Crippen LogP contribution in [0, 0.1) is 0 Å². The van der Waals surface area contributed by atoms with Gasteiger partial charge in [0.15, 0.2) is 12.4 Å². The molecule has 0 spiro atoms. The SMILES string of the molecule is COc1ccc(NC(=O)COc2ccc(C(C)=O)cc2)cc1S(=O)(=O)N1CCCCC1. The van der Waals surface area contributed by atoms with Crippen molar-refractivity contribution in [2.24, 2.45) is 0 Å². The van der Waals surface area contributed by atoms with Crippen molar-refractivity contribution in [1.29, 1.82) is 0 Å². The number of rotatable bonds is 8. The fourth-order valence-electron chi connectivity index (χ4n) is 3.33. The van der Waals surface area contributed by atoms with Crippen LogP contribution in [0.2, 0.25) is 0 Å². The molecule has 1 N–H and O–H groups in total. The average molecular weight is 447 g/mol. The molecule has 0 unspecified atom stereocenters. The lowest BCUT2D eigenvalue weighted by atomic mass is 10.1. The highest BCUT2D eigenvalue weighted by atomic mass is 32.2. The summed E-state index contributed by atoms with van der Waals surface area (Å²) in [5.74, 6) is 0.176. The number of ketones is 1. The summed E-state index contributed by atoms with van der Waals surface area (Å²) in [5.41, 5.74) is 0.884. The normalized spacial score (nSPS) is 14.6. The average Bonchev–Trinajstić information content (AvgIpc) is 2.78. The Morgan fingerprint density at radius 1 is 1.03 bits per heavy atom. The number of hydrogen-bond donors (Lipinski definition) is 1. The first-order chi connectivity index (χ1) is 14.8. The number of ether oxygens (including phenoxy) is 2. The highest BCUT2D eigenvalue weighted by Gasteiger charge is 2.29. The fraction of sp³-hybridized carbons (Fsp3) is 0.364. The molecule has 1 amide bonds. The molecule has 0 radical (unpaired) electrons. The number of carbonyl (C=O) groups is 2. The molecule has 3 rings (SSSR count). The first kappa shape index (κ1) is 22.8. The summed E-state index contributed by atoms with van der Waals surface area (Å²) in [4.78, 5) is 23.6. The first-order valence-electron chi connectivity index (χ1n) is 10.0. The summed E-state index contributed by atoms with van der Waals surface area (Å²) in [5, 5.41) is 2.65. The van der Waals surface area contributed by atoms with E-state index < -0.39 is 15.9 Å². The lowest BCUT2D eigenvalue weighted by Gasteiger charge is -2.26. The van der Waals surface area contributed by atoms with Crippen molar-refractivity contribution in [2.45, 2.75) is 31.1 Å². The third-order valence-corrected chi connectivity index (χ3v) is 6.93. The van der Waals surface area contributed by atoms with Gasteiger partial charge in [0.1, 0.15) is 16.4 Å². The monoisotopic (exact) mass is 446 g/mol. The fourth-order valence-corrected chi connectivity index (χ4v) is 5.03. The third kappa shape index (κ3) is 5.62. The summed E-state index contributed by atoms with van der Waals surface area (Å²) in [6.07, 6.45) is 2.65. The Labute approximate surface area is 182 Å². The number of anilines is 1. The lowest BCUT2D eigenvalue weighted by molar-refractivity contribution is -0.118. The number of amides is 1. The first-order valence-corrected chi connectivity index (χ1v) is 11.5. The molecule has 2 aromatic rings. The predicted octanol–water partition coefficient (Wildman–Crippen LogP) is 3.09. The van der Waals surface area contributed by atoms with E-state index in [-0.39, 0.29) is 23.0 Å². The minimum absolute atomic E-state index is 0.0236. The molecule has 31 heavy (non-hydrogen) atoms. The number of sulfonamides is 1. The predicted molar refractivity (Wildman–Crippen MR) is 116 cm³/mol. The van der Waals surface area contributed by atoms with Crippen molar-refractivity contribution in [1.82, 2.24) is 4.31 Å². The van der Waals surface area contributed by atoms with Crippen LogP contribution in [0.5, 0.6) is 11.5 Å². The maximum Gasteiger partial charge on any atom is 0.262 e. The Kier molecular flexibility index (Phi) is 7.29. The van der Waals surface area contributed by atoms with E-state index in [9.17, 15) is 18.0 Å². The molecule has 0 saturated carbocycles. The molecule has 8 nitrogen and oxygen atoms in total. The van der Waals surface area contributed by atoms with Gasteiger partial charge in [-0.25, -0.2) is 8.42 Å². The highest BCUT2D eigenvalue weighted by molar-refractivity contribution is 7.89. The Bertz CT molecular complexity index is 1040. The zero-order valence-electron chi connectivity index (χ0n) is 17.6. The maximum atomic E-state index is 13.1. The summed E-state index contributed by atoms with van der Waals surface area (Å²) >= 11 is 0. The van der Waals surface area contributed by atoms with Gasteiger partial charge in [-0.2, -0.15) is 4.31 Å². The van der Waals surface area contributed by atoms with E-state index in [4.69, 9.17) is 9.47 Å². The van der Waals surface area contributed by atoms with Crippen LogP contribution in [0.25, 0.3) is 0 Å². The van der Waals surface area contributed by atoms with Gasteiger partial charge in [-0.05, 0) is 62.2 Å². The van der Waals surface area contributed by atoms with Gasteiger partial charge in [-0.1, -0.05) is 6.42 Å². The van der Waals surface area contributed by atoms with Gasteiger partial charge in [-0.3, -0.25) is 9.59 Å². The molecule has 0 atom stereocenters. The van der Waals surface area contributed by atoms with Crippen molar-refractivity contribution in [3.8, 4) is 11.5 Å². The topological polar surface area (TPSA) is 102 Å². The van der Waals surface area contributed by atoms with Crippen molar-refractivity contribution >= 4 is 27.4 Å². The smallest absolute Gasteiger partial charge is 0.262 e. The quantitative estimate of drug-likeness (QED) is 0.625. The molecule has 2 aromatic carbocycles. The lowest BCUT2D eigenvalue weighted by Crippen LogP contribution is -2.35. The van der Waals surface area contributed by atoms with Gasteiger partial charge in [-0.15, -0.1) is 0 Å². The number of carbonyl (C=O) groups excluding carboxylic acids is 2. The van der Waals surface area contributed by atoms with Crippen LogP contribution in [-0.4, -0.2) is 51.2 Å². The van der Waals surface area contributed by atoms with Crippen molar-refractivity contribution in [2.75, 3.05) is 32.1 Å². The van der Waals surface area contributed by atoms with Crippen LogP contribution in [0.3, 0.4) is 0 Å². The molecule has 1 saturated heterocycles. The molecule has 0 aromatic heterocycles. The second kappa shape index (κ2) is 9.93. The molecule has 0 bridgehead atoms. The van der Waals surface area contributed by atoms with E-state index in [2.05, 4.69) is 5.32 Å². The molecule has 1 fully saturated rings. The van der Waals surface area contributed by atoms with Gasteiger partial charge in [0, 0.05) is 24.3 Å². The molecular weight excluding hydrogens is 420 g/mol. The van der Waals surface area contributed by atoms with Gasteiger partial charge < -0.3 is 14.8 Å². The minimum Gasteiger partial charge on any atom is -0.495 e. The van der Waals surface area contributed by atoms with Crippen LogP contribution in [0.15, 0.2) is 47.4 Å². The number of Topliss-reactive ketones (excluding diaryl/α,β-unsaturated/α-hetero) is 1. The van der Waals surface area contributed by atoms with Crippen LogP contribution in [-0.2, 0) is 14.8 Å². The number of nitrogens with one attached hydrogen (secondary N) is 1. The molecule has 0 aliphatic carbocycles. The van der Waals surface area contributed by atoms with Crippen molar-refractivity contribution < 1.29 is 27.5 Å². The number of nitrogens with zero attached hydrogens (tertiary/aromatic N) is 1. The molecule has 166 valence electrons. The number of piperidine rings is 1. The summed E-state index contributed by atoms with van der Waals surface area (Å²) in [6.45, 7) is 2.15. The highest BCUT2D eigenvalue weighted by Crippen LogP contribution is 2.31. The van der Waals surface area contributed by atoms with Gasteiger partial charge in [0.25, 0.3) is 5.91 Å². The molecule has 1 heterocycles. The van der Waals surface area contributed by atoms with E-state index in [1.807, 2.05) is 0 Å². The van der Waals surface area contributed by atoms with Crippen LogP contribution >= 0.6 is 0 Å². The largest absolute Gasteiger partial charge is 0.495 e. The Hall–Kier alpha value is -2.91. The second-order valence-electron chi connectivity index (χ2n) is 7.25. The van der Waals surface area contributed by atoms with Crippen LogP contribution in [0.1, 0.15) is 36.5 Å². The van der Waals surface area contributed by atoms with E-state index >= 15 is 0 Å². The maximum absolute atomic E-state index is 13.1. The van der Waals surface area contributed by atoms with Gasteiger partial charge in [0.2, 0.25) is 10.0 Å². The summed E-state index contributed by atoms with van der Waals surface area (Å²) < 4.78 is 38.3. The summed E-state index contributed by atoms with van der Waals surface area (Å²) in [6, 6.07) is 11.0. The molecule has 1 aliphatic heterocycles. The van der Waals surface area contributed by atoms with Crippen molar-refractivity contribution in [3.63, 3.8) is 0 Å². The van der Waals surface area contributed by atoms with E-state index in [1.54, 1.807) is 30.3 Å². The van der Waals surface area contributed by atoms with Crippen LogP contribution < -0.4 is 14.8 Å². The number of benzene rings is 2.